The first-order valence-electron chi connectivity index (χ1n) is 17.3. The van der Waals surface area contributed by atoms with Gasteiger partial charge in [0.2, 0.25) is 10.0 Å². The first-order chi connectivity index (χ1) is 27.1. The molecule has 57 heavy (non-hydrogen) atoms. The normalized spacial score (nSPS) is 14.2. The fraction of sp³-hybridized carbons (Fsp3) is 0.263. The number of halogens is 5. The number of hydrogen-bond donors (Lipinski definition) is 3. The Balaban J connectivity index is 1.43. The number of ether oxygens (including phenoxy) is 2. The summed E-state index contributed by atoms with van der Waals surface area (Å²) in [6.45, 7) is -1.08. The Morgan fingerprint density at radius 1 is 0.965 bits per heavy atom. The van der Waals surface area contributed by atoms with Gasteiger partial charge < -0.3 is 19.9 Å². The minimum Gasteiger partial charge on any atom is -0.497 e. The lowest BCUT2D eigenvalue weighted by atomic mass is 10.0. The van der Waals surface area contributed by atoms with Crippen molar-refractivity contribution in [3.63, 3.8) is 0 Å². The number of anilines is 1. The predicted octanol–water partition coefficient (Wildman–Crippen LogP) is 7.02. The van der Waals surface area contributed by atoms with Gasteiger partial charge in [-0.15, -0.1) is 0 Å². The van der Waals surface area contributed by atoms with Crippen LogP contribution < -0.4 is 25.1 Å². The molecule has 298 valence electrons. The van der Waals surface area contributed by atoms with Crippen molar-refractivity contribution in [1.82, 2.24) is 24.6 Å². The van der Waals surface area contributed by atoms with Crippen molar-refractivity contribution in [2.45, 2.75) is 49.4 Å². The zero-order chi connectivity index (χ0) is 40.8. The van der Waals surface area contributed by atoms with Crippen LogP contribution in [0, 0.1) is 11.6 Å². The van der Waals surface area contributed by atoms with Crippen molar-refractivity contribution in [2.24, 2.45) is 0 Å². The summed E-state index contributed by atoms with van der Waals surface area (Å²) in [5.41, 5.74) is -0.468. The van der Waals surface area contributed by atoms with Gasteiger partial charge in [-0.05, 0) is 78.9 Å². The summed E-state index contributed by atoms with van der Waals surface area (Å²) < 4.78 is 98.9. The third-order valence-corrected chi connectivity index (χ3v) is 12.2. The minimum absolute atomic E-state index is 0.0106. The van der Waals surface area contributed by atoms with Crippen molar-refractivity contribution in [2.75, 3.05) is 18.9 Å². The maximum Gasteiger partial charge on any atom is 0.405 e. The minimum atomic E-state index is -4.27. The standard InChI is InChI=1S/C38H33ClF4N6O7S/c1-55-24-5-3-20(4-6-24)18-38(11-12-38)57(53,54)47-34-32-27(39)9-10-30(33(32)48(46-34)19-31(42)43)49-35(44-28-17-25(56-2)7-8-26(28)36(49)50)29(45-37(51)52)15-21-13-22(40)16-23(41)14-21/h3-10,13-14,16-17,29,31,45H,11-12,15,18-19H2,1-2H3,(H,46,47)(H,51,52)/t29-/m0/s1. The smallest absolute Gasteiger partial charge is 0.405 e. The van der Waals surface area contributed by atoms with Crippen molar-refractivity contribution < 1.29 is 45.4 Å². The second kappa shape index (κ2) is 15.2. The van der Waals surface area contributed by atoms with Crippen LogP contribution in [0.1, 0.15) is 35.8 Å². The maximum atomic E-state index is 14.6. The average Bonchev–Trinajstić information content (AvgIpc) is 3.87. The van der Waals surface area contributed by atoms with Crippen LogP contribution in [0.25, 0.3) is 27.5 Å². The highest BCUT2D eigenvalue weighted by Gasteiger charge is 2.55. The lowest BCUT2D eigenvalue weighted by Gasteiger charge is -2.23. The van der Waals surface area contributed by atoms with Crippen LogP contribution in [-0.4, -0.2) is 64.3 Å². The molecule has 2 aromatic heterocycles. The number of carbonyl (C=O) groups is 1. The molecule has 1 atom stereocenters. The van der Waals surface area contributed by atoms with Crippen molar-refractivity contribution in [3.8, 4) is 17.2 Å². The number of fused-ring (bicyclic) bond motifs is 2. The molecule has 0 spiro atoms. The van der Waals surface area contributed by atoms with E-state index in [4.69, 9.17) is 21.1 Å². The Bertz CT molecular complexity index is 2690. The molecule has 0 bridgehead atoms. The molecule has 19 heteroatoms. The number of nitrogens with zero attached hydrogens (tertiary/aromatic N) is 4. The Labute approximate surface area is 326 Å². The van der Waals surface area contributed by atoms with E-state index >= 15 is 0 Å². The fourth-order valence-corrected chi connectivity index (χ4v) is 8.76. The summed E-state index contributed by atoms with van der Waals surface area (Å²) in [5, 5.41) is 16.2. The van der Waals surface area contributed by atoms with Gasteiger partial charge in [0.05, 0.1) is 57.5 Å². The van der Waals surface area contributed by atoms with Gasteiger partial charge in [-0.25, -0.2) is 35.8 Å². The van der Waals surface area contributed by atoms with Crippen molar-refractivity contribution in [1.29, 1.82) is 0 Å². The van der Waals surface area contributed by atoms with E-state index in [0.717, 1.165) is 21.4 Å². The Hall–Kier alpha value is -5.88. The lowest BCUT2D eigenvalue weighted by Crippen LogP contribution is -2.35. The van der Waals surface area contributed by atoms with Crippen LogP contribution in [0.5, 0.6) is 11.5 Å². The number of benzene rings is 4. The molecule has 3 N–H and O–H groups in total. The molecule has 0 saturated heterocycles. The maximum absolute atomic E-state index is 14.6. The summed E-state index contributed by atoms with van der Waals surface area (Å²) in [4.78, 5) is 31.5. The van der Waals surface area contributed by atoms with E-state index < -0.39 is 63.5 Å². The summed E-state index contributed by atoms with van der Waals surface area (Å²) in [7, 11) is -1.39. The van der Waals surface area contributed by atoms with Gasteiger partial charge in [0.25, 0.3) is 12.0 Å². The molecule has 1 fully saturated rings. The molecular weight excluding hydrogens is 796 g/mol. The lowest BCUT2D eigenvalue weighted by molar-refractivity contribution is 0.123. The van der Waals surface area contributed by atoms with Gasteiger partial charge in [-0.2, -0.15) is 5.10 Å². The molecule has 2 heterocycles. The number of alkyl halides is 2. The number of sulfonamides is 1. The van der Waals surface area contributed by atoms with Crippen LogP contribution in [0.3, 0.4) is 0 Å². The third-order valence-electron chi connectivity index (χ3n) is 9.74. The molecule has 0 unspecified atom stereocenters. The van der Waals surface area contributed by atoms with E-state index in [1.807, 2.05) is 0 Å². The van der Waals surface area contributed by atoms with E-state index in [0.29, 0.717) is 30.2 Å². The molecule has 1 aliphatic carbocycles. The monoisotopic (exact) mass is 828 g/mol. The van der Waals surface area contributed by atoms with Crippen LogP contribution in [0.2, 0.25) is 5.02 Å². The molecule has 1 saturated carbocycles. The van der Waals surface area contributed by atoms with Crippen LogP contribution in [0.15, 0.2) is 77.6 Å². The molecule has 6 aromatic rings. The van der Waals surface area contributed by atoms with E-state index in [2.05, 4.69) is 20.1 Å². The second-order valence-corrected chi connectivity index (χ2v) is 16.0. The SMILES string of the molecule is COc1ccc(CC2(S(=O)(=O)Nc3nn(CC(F)F)c4c(-n5c([C@H](Cc6cc(F)cc(F)c6)NC(=O)O)nc6cc(OC)ccc6c5=O)ccc(Cl)c34)CC2)cc1. The largest absolute Gasteiger partial charge is 0.497 e. The Morgan fingerprint density at radius 2 is 1.63 bits per heavy atom. The molecule has 1 amide bonds. The highest BCUT2D eigenvalue weighted by atomic mass is 35.5. The van der Waals surface area contributed by atoms with Crippen LogP contribution in [0.4, 0.5) is 28.2 Å². The second-order valence-electron chi connectivity index (χ2n) is 13.5. The molecule has 13 nitrogen and oxygen atoms in total. The van der Waals surface area contributed by atoms with Gasteiger partial charge in [0.15, 0.2) is 5.82 Å². The number of methoxy groups -OCH3 is 2. The van der Waals surface area contributed by atoms with Crippen molar-refractivity contribution in [3.05, 3.63) is 117 Å². The summed E-state index contributed by atoms with van der Waals surface area (Å²) in [6.07, 6.45) is -4.34. The highest BCUT2D eigenvalue weighted by Crippen LogP contribution is 2.48. The summed E-state index contributed by atoms with van der Waals surface area (Å²) in [6, 6.07) is 14.8. The van der Waals surface area contributed by atoms with E-state index in [-0.39, 0.29) is 61.9 Å². The molecule has 7 rings (SSSR count). The van der Waals surface area contributed by atoms with E-state index in [1.54, 1.807) is 24.3 Å². The quantitative estimate of drug-likeness (QED) is 0.0979. The number of rotatable bonds is 14. The number of amides is 1. The zero-order valence-electron chi connectivity index (χ0n) is 30.1. The predicted molar refractivity (Wildman–Crippen MR) is 203 cm³/mol. The van der Waals surface area contributed by atoms with E-state index in [9.17, 15) is 40.7 Å². The summed E-state index contributed by atoms with van der Waals surface area (Å²) >= 11 is 6.70. The van der Waals surface area contributed by atoms with Crippen LogP contribution in [-0.2, 0) is 29.4 Å². The Kier molecular flexibility index (Phi) is 10.5. The number of carboxylic acid groups (broad SMARTS) is 1. The van der Waals surface area contributed by atoms with Gasteiger partial charge in [-0.1, -0.05) is 23.7 Å². The van der Waals surface area contributed by atoms with Crippen molar-refractivity contribution >= 4 is 55.3 Å². The van der Waals surface area contributed by atoms with Gasteiger partial charge in [0.1, 0.15) is 35.5 Å². The van der Waals surface area contributed by atoms with Gasteiger partial charge in [0, 0.05) is 18.6 Å². The number of hydrogen-bond acceptors (Lipinski definition) is 8. The molecule has 0 radical (unpaired) electrons. The number of aromatic nitrogens is 4. The van der Waals surface area contributed by atoms with Gasteiger partial charge >= 0.3 is 6.09 Å². The average molecular weight is 829 g/mol. The molecule has 4 aromatic carbocycles. The Morgan fingerprint density at radius 3 is 2.25 bits per heavy atom. The highest BCUT2D eigenvalue weighted by molar-refractivity contribution is 7.94. The zero-order valence-corrected chi connectivity index (χ0v) is 31.7. The first-order valence-corrected chi connectivity index (χ1v) is 19.2. The fourth-order valence-electron chi connectivity index (χ4n) is 6.91. The topological polar surface area (TPSA) is 167 Å². The third kappa shape index (κ3) is 7.78. The number of nitrogens with one attached hydrogen (secondary N) is 2. The molecular formula is C38H33ClF4N6O7S. The van der Waals surface area contributed by atoms with Crippen LogP contribution >= 0.6 is 11.6 Å². The van der Waals surface area contributed by atoms with Gasteiger partial charge in [-0.3, -0.25) is 18.8 Å². The van der Waals surface area contributed by atoms with E-state index in [1.165, 1.54) is 44.6 Å². The summed E-state index contributed by atoms with van der Waals surface area (Å²) in [5.74, 6) is -1.73. The molecule has 0 aliphatic heterocycles. The molecule has 1 aliphatic rings. The first kappa shape index (κ1) is 39.4.